The summed E-state index contributed by atoms with van der Waals surface area (Å²) in [5.41, 5.74) is 1.76. The van der Waals surface area contributed by atoms with Gasteiger partial charge in [0, 0.05) is 11.6 Å². The summed E-state index contributed by atoms with van der Waals surface area (Å²) in [4.78, 5) is 12.7. The van der Waals surface area contributed by atoms with E-state index >= 15 is 0 Å². The molecule has 2 saturated carbocycles. The number of nitrogens with one attached hydrogen (secondary N) is 2. The summed E-state index contributed by atoms with van der Waals surface area (Å²) in [5, 5.41) is 3.11. The van der Waals surface area contributed by atoms with E-state index in [0.29, 0.717) is 17.2 Å². The van der Waals surface area contributed by atoms with Gasteiger partial charge in [0.15, 0.2) is 0 Å². The van der Waals surface area contributed by atoms with Crippen molar-refractivity contribution in [2.24, 2.45) is 11.8 Å². The third-order valence-corrected chi connectivity index (χ3v) is 7.21. The van der Waals surface area contributed by atoms with E-state index in [2.05, 4.69) is 10.0 Å². The third-order valence-electron chi connectivity index (χ3n) is 5.85. The first-order chi connectivity index (χ1) is 12.9. The Hall–Kier alpha value is -2.34. The Morgan fingerprint density at radius 1 is 1.04 bits per heavy atom. The zero-order valence-electron chi connectivity index (χ0n) is 15.3. The SMILES string of the molecule is Cc1ccccc1NS(=O)(=O)c1cccc(C(=O)N[C@@H]2C[C@H]3CC[C@@H]2C3)c1. The molecule has 2 N–H and O–H groups in total. The average molecular weight is 385 g/mol. The normalized spacial score (nSPS) is 24.0. The van der Waals surface area contributed by atoms with Crippen LogP contribution in [-0.2, 0) is 10.0 Å². The molecule has 4 rings (SSSR count). The molecule has 0 spiro atoms. The Bertz CT molecular complexity index is 971. The van der Waals surface area contributed by atoms with Gasteiger partial charge in [0.25, 0.3) is 15.9 Å². The molecular weight excluding hydrogens is 360 g/mol. The molecule has 1 amide bonds. The zero-order chi connectivity index (χ0) is 19.0. The van der Waals surface area contributed by atoms with Crippen molar-refractivity contribution in [3.63, 3.8) is 0 Å². The van der Waals surface area contributed by atoms with Gasteiger partial charge in [0.1, 0.15) is 0 Å². The number of benzene rings is 2. The van der Waals surface area contributed by atoms with Gasteiger partial charge in [0.05, 0.1) is 10.6 Å². The van der Waals surface area contributed by atoms with E-state index in [4.69, 9.17) is 0 Å². The molecule has 5 nitrogen and oxygen atoms in total. The van der Waals surface area contributed by atoms with Gasteiger partial charge in [-0.25, -0.2) is 8.42 Å². The van der Waals surface area contributed by atoms with Crippen molar-refractivity contribution < 1.29 is 13.2 Å². The lowest BCUT2D eigenvalue weighted by molar-refractivity contribution is 0.0922. The number of para-hydroxylation sites is 1. The van der Waals surface area contributed by atoms with E-state index in [0.717, 1.165) is 17.9 Å². The molecule has 2 aromatic carbocycles. The quantitative estimate of drug-likeness (QED) is 0.825. The number of carbonyl (C=O) groups excluding carboxylic acids is 1. The van der Waals surface area contributed by atoms with Crippen LogP contribution in [0.3, 0.4) is 0 Å². The lowest BCUT2D eigenvalue weighted by Crippen LogP contribution is -2.38. The second-order valence-electron chi connectivity index (χ2n) is 7.70. The molecule has 2 aliphatic carbocycles. The van der Waals surface area contributed by atoms with Crippen molar-refractivity contribution in [2.75, 3.05) is 4.72 Å². The monoisotopic (exact) mass is 384 g/mol. The first-order valence-electron chi connectivity index (χ1n) is 9.42. The van der Waals surface area contributed by atoms with Crippen LogP contribution in [-0.4, -0.2) is 20.4 Å². The second kappa shape index (κ2) is 7.00. The summed E-state index contributed by atoms with van der Waals surface area (Å²) in [7, 11) is -3.76. The minimum Gasteiger partial charge on any atom is -0.349 e. The topological polar surface area (TPSA) is 75.3 Å². The van der Waals surface area contributed by atoms with Crippen LogP contribution in [0, 0.1) is 18.8 Å². The molecule has 0 heterocycles. The van der Waals surface area contributed by atoms with E-state index < -0.39 is 10.0 Å². The zero-order valence-corrected chi connectivity index (χ0v) is 16.1. The van der Waals surface area contributed by atoms with Gasteiger partial charge >= 0.3 is 0 Å². The van der Waals surface area contributed by atoms with Crippen LogP contribution in [0.2, 0.25) is 0 Å². The van der Waals surface area contributed by atoms with Crippen LogP contribution in [0.25, 0.3) is 0 Å². The molecule has 6 heteroatoms. The van der Waals surface area contributed by atoms with Crippen LogP contribution in [0.4, 0.5) is 5.69 Å². The smallest absolute Gasteiger partial charge is 0.261 e. The summed E-state index contributed by atoms with van der Waals surface area (Å²) >= 11 is 0. The number of sulfonamides is 1. The lowest BCUT2D eigenvalue weighted by Gasteiger charge is -2.23. The number of carbonyl (C=O) groups is 1. The van der Waals surface area contributed by atoms with Crippen molar-refractivity contribution in [1.82, 2.24) is 5.32 Å². The van der Waals surface area contributed by atoms with E-state index in [-0.39, 0.29) is 16.8 Å². The maximum Gasteiger partial charge on any atom is 0.261 e. The van der Waals surface area contributed by atoms with Crippen molar-refractivity contribution in [2.45, 2.75) is 43.5 Å². The number of aryl methyl sites for hydroxylation is 1. The van der Waals surface area contributed by atoms with E-state index in [1.807, 2.05) is 19.1 Å². The maximum absolute atomic E-state index is 12.7. The maximum atomic E-state index is 12.7. The molecular formula is C21H24N2O3S. The standard InChI is InChI=1S/C21H24N2O3S/c1-14-5-2-3-8-19(14)23-27(25,26)18-7-4-6-17(13-18)21(24)22-20-12-15-9-10-16(20)11-15/h2-8,13,15-16,20,23H,9-12H2,1H3,(H,22,24)/t15-,16+,20+/m0/s1. The van der Waals surface area contributed by atoms with Crippen molar-refractivity contribution in [3.8, 4) is 0 Å². The molecule has 0 unspecified atom stereocenters. The Labute approximate surface area is 160 Å². The fourth-order valence-electron chi connectivity index (χ4n) is 4.37. The lowest BCUT2D eigenvalue weighted by atomic mass is 9.95. The summed E-state index contributed by atoms with van der Waals surface area (Å²) < 4.78 is 28.1. The molecule has 142 valence electrons. The summed E-state index contributed by atoms with van der Waals surface area (Å²) in [6.07, 6.45) is 4.71. The highest BCUT2D eigenvalue weighted by Crippen LogP contribution is 2.44. The Balaban J connectivity index is 1.51. The predicted molar refractivity (Wildman–Crippen MR) is 105 cm³/mol. The molecule has 3 atom stereocenters. The first kappa shape index (κ1) is 18.0. The largest absolute Gasteiger partial charge is 0.349 e. The number of rotatable bonds is 5. The van der Waals surface area contributed by atoms with Gasteiger partial charge in [-0.05, 0) is 67.9 Å². The third kappa shape index (κ3) is 3.72. The molecule has 2 bridgehead atoms. The van der Waals surface area contributed by atoms with Crippen LogP contribution >= 0.6 is 0 Å². The molecule has 0 aromatic heterocycles. The molecule has 0 aliphatic heterocycles. The molecule has 2 aromatic rings. The minimum atomic E-state index is -3.76. The van der Waals surface area contributed by atoms with E-state index in [1.54, 1.807) is 24.3 Å². The van der Waals surface area contributed by atoms with Gasteiger partial charge in [-0.15, -0.1) is 0 Å². The predicted octanol–water partition coefficient (Wildman–Crippen LogP) is 3.71. The Kier molecular flexibility index (Phi) is 4.68. The summed E-state index contributed by atoms with van der Waals surface area (Å²) in [6, 6.07) is 13.7. The number of fused-ring (bicyclic) bond motifs is 2. The van der Waals surface area contributed by atoms with Crippen molar-refractivity contribution in [1.29, 1.82) is 0 Å². The molecule has 2 aliphatic rings. The summed E-state index contributed by atoms with van der Waals surface area (Å²) in [6.45, 7) is 1.84. The second-order valence-corrected chi connectivity index (χ2v) is 9.39. The minimum absolute atomic E-state index is 0.0892. The molecule has 0 saturated heterocycles. The molecule has 27 heavy (non-hydrogen) atoms. The Morgan fingerprint density at radius 2 is 1.85 bits per heavy atom. The Morgan fingerprint density at radius 3 is 2.56 bits per heavy atom. The van der Waals surface area contributed by atoms with Gasteiger partial charge in [0.2, 0.25) is 0 Å². The molecule has 0 radical (unpaired) electrons. The number of anilines is 1. The van der Waals surface area contributed by atoms with Gasteiger partial charge < -0.3 is 5.32 Å². The fourth-order valence-corrected chi connectivity index (χ4v) is 5.55. The first-order valence-corrected chi connectivity index (χ1v) is 10.9. The van der Waals surface area contributed by atoms with Gasteiger partial charge in [-0.2, -0.15) is 0 Å². The number of hydrogen-bond donors (Lipinski definition) is 2. The van der Waals surface area contributed by atoms with E-state index in [9.17, 15) is 13.2 Å². The van der Waals surface area contributed by atoms with Crippen LogP contribution in [0.1, 0.15) is 41.6 Å². The average Bonchev–Trinajstić information content (AvgIpc) is 3.27. The number of hydrogen-bond acceptors (Lipinski definition) is 3. The van der Waals surface area contributed by atoms with Crippen molar-refractivity contribution in [3.05, 3.63) is 59.7 Å². The van der Waals surface area contributed by atoms with Crippen LogP contribution in [0.5, 0.6) is 0 Å². The van der Waals surface area contributed by atoms with Gasteiger partial charge in [-0.3, -0.25) is 9.52 Å². The van der Waals surface area contributed by atoms with Crippen LogP contribution in [0.15, 0.2) is 53.4 Å². The van der Waals surface area contributed by atoms with Crippen molar-refractivity contribution >= 4 is 21.6 Å². The highest BCUT2D eigenvalue weighted by Gasteiger charge is 2.40. The number of amides is 1. The highest BCUT2D eigenvalue weighted by molar-refractivity contribution is 7.92. The van der Waals surface area contributed by atoms with E-state index in [1.165, 1.54) is 31.4 Å². The highest BCUT2D eigenvalue weighted by atomic mass is 32.2. The van der Waals surface area contributed by atoms with Crippen LogP contribution < -0.4 is 10.0 Å². The molecule has 2 fully saturated rings. The van der Waals surface area contributed by atoms with Gasteiger partial charge in [-0.1, -0.05) is 30.7 Å². The summed E-state index contributed by atoms with van der Waals surface area (Å²) in [5.74, 6) is 1.12. The fraction of sp³-hybridized carbons (Fsp3) is 0.381.